The number of ether oxygens (including phenoxy) is 1. The highest BCUT2D eigenvalue weighted by Crippen LogP contribution is 2.49. The standard InChI is InChI=1S/C30H29ClN2O3/c1-19(34)33-26-12-8-7-11-24(26)32-25-16-30(2,3)17-27(35)28(25)29(33)22-14-13-21(15-23(22)31)36-18-20-9-5-4-6-10-20/h4-15,29,32H,16-18H2,1-3H3/t29-/m0/s1. The number of allylic oxidation sites excluding steroid dienone is 1. The minimum Gasteiger partial charge on any atom is -0.489 e. The van der Waals surface area contributed by atoms with Crippen LogP contribution in [0.25, 0.3) is 0 Å². The third-order valence-corrected chi connectivity index (χ3v) is 7.08. The van der Waals surface area contributed by atoms with Gasteiger partial charge in [-0.15, -0.1) is 0 Å². The van der Waals surface area contributed by atoms with E-state index in [0.29, 0.717) is 41.4 Å². The second kappa shape index (κ2) is 9.47. The van der Waals surface area contributed by atoms with E-state index in [1.165, 1.54) is 6.92 Å². The molecule has 0 radical (unpaired) electrons. The molecule has 3 aromatic carbocycles. The van der Waals surface area contributed by atoms with Gasteiger partial charge in [0.05, 0.1) is 17.4 Å². The minimum absolute atomic E-state index is 0.0262. The molecule has 1 amide bonds. The van der Waals surface area contributed by atoms with E-state index in [1.807, 2.05) is 66.7 Å². The number of hydrogen-bond acceptors (Lipinski definition) is 4. The number of Topliss-reactive ketones (excluding diaryl/α,β-unsaturated/α-hetero) is 1. The molecule has 5 rings (SSSR count). The van der Waals surface area contributed by atoms with E-state index in [9.17, 15) is 9.59 Å². The Morgan fingerprint density at radius 2 is 1.78 bits per heavy atom. The summed E-state index contributed by atoms with van der Waals surface area (Å²) in [5.74, 6) is 0.485. The smallest absolute Gasteiger partial charge is 0.224 e. The van der Waals surface area contributed by atoms with Crippen LogP contribution in [-0.2, 0) is 16.2 Å². The van der Waals surface area contributed by atoms with Crippen molar-refractivity contribution in [1.29, 1.82) is 0 Å². The van der Waals surface area contributed by atoms with Crippen molar-refractivity contribution in [3.63, 3.8) is 0 Å². The molecule has 3 aromatic rings. The maximum Gasteiger partial charge on any atom is 0.224 e. The third kappa shape index (κ3) is 4.63. The molecule has 0 unspecified atom stereocenters. The van der Waals surface area contributed by atoms with E-state index < -0.39 is 6.04 Å². The fraction of sp³-hybridized carbons (Fsp3) is 0.267. The zero-order valence-corrected chi connectivity index (χ0v) is 21.4. The number of nitrogens with zero attached hydrogens (tertiary/aromatic N) is 1. The number of hydrogen-bond donors (Lipinski definition) is 1. The molecule has 0 saturated carbocycles. The molecular formula is C30H29ClN2O3. The molecule has 5 nitrogen and oxygen atoms in total. The average molecular weight is 501 g/mol. The van der Waals surface area contributed by atoms with Crippen LogP contribution in [-0.4, -0.2) is 11.7 Å². The number of rotatable bonds is 4. The number of halogens is 1. The molecule has 6 heteroatoms. The van der Waals surface area contributed by atoms with Gasteiger partial charge in [0.15, 0.2) is 5.78 Å². The van der Waals surface area contributed by atoms with Crippen molar-refractivity contribution in [1.82, 2.24) is 0 Å². The maximum atomic E-state index is 13.6. The number of anilines is 2. The van der Waals surface area contributed by atoms with Gasteiger partial charge in [0.25, 0.3) is 0 Å². The lowest BCUT2D eigenvalue weighted by Crippen LogP contribution is -2.38. The predicted octanol–water partition coefficient (Wildman–Crippen LogP) is 7.08. The molecule has 2 aliphatic rings. The van der Waals surface area contributed by atoms with E-state index in [-0.39, 0.29) is 17.1 Å². The minimum atomic E-state index is -0.645. The van der Waals surface area contributed by atoms with Gasteiger partial charge in [-0.05, 0) is 47.2 Å². The summed E-state index contributed by atoms with van der Waals surface area (Å²) in [6, 6.07) is 22.4. The summed E-state index contributed by atoms with van der Waals surface area (Å²) in [4.78, 5) is 28.5. The molecule has 1 aliphatic heterocycles. The van der Waals surface area contributed by atoms with Gasteiger partial charge in [-0.2, -0.15) is 0 Å². The van der Waals surface area contributed by atoms with Crippen LogP contribution in [0.3, 0.4) is 0 Å². The Kier molecular flexibility index (Phi) is 6.35. The highest BCUT2D eigenvalue weighted by atomic mass is 35.5. The molecule has 0 spiro atoms. The Bertz CT molecular complexity index is 1360. The van der Waals surface area contributed by atoms with Crippen LogP contribution in [0.1, 0.15) is 50.8 Å². The second-order valence-corrected chi connectivity index (χ2v) is 10.6. The Labute approximate surface area is 216 Å². The zero-order chi connectivity index (χ0) is 25.4. The van der Waals surface area contributed by atoms with Crippen molar-refractivity contribution in [2.45, 2.75) is 46.3 Å². The zero-order valence-electron chi connectivity index (χ0n) is 20.7. The van der Waals surface area contributed by atoms with Crippen LogP contribution in [0, 0.1) is 5.41 Å². The fourth-order valence-electron chi connectivity index (χ4n) is 5.19. The van der Waals surface area contributed by atoms with Crippen LogP contribution >= 0.6 is 11.6 Å². The van der Waals surface area contributed by atoms with Crippen molar-refractivity contribution in [3.05, 3.63) is 100 Å². The van der Waals surface area contributed by atoms with Crippen molar-refractivity contribution < 1.29 is 14.3 Å². The van der Waals surface area contributed by atoms with Crippen molar-refractivity contribution >= 4 is 34.7 Å². The lowest BCUT2D eigenvalue weighted by atomic mass is 9.73. The fourth-order valence-corrected chi connectivity index (χ4v) is 5.46. The first-order chi connectivity index (χ1) is 17.2. The molecule has 1 N–H and O–H groups in total. The molecule has 0 fully saturated rings. The molecular weight excluding hydrogens is 472 g/mol. The molecule has 0 bridgehead atoms. The first-order valence-electron chi connectivity index (χ1n) is 12.1. The van der Waals surface area contributed by atoms with Crippen LogP contribution in [0.5, 0.6) is 5.75 Å². The lowest BCUT2D eigenvalue weighted by Gasteiger charge is -2.37. The van der Waals surface area contributed by atoms with Crippen LogP contribution in [0.4, 0.5) is 11.4 Å². The largest absolute Gasteiger partial charge is 0.489 e. The number of nitrogens with one attached hydrogen (secondary N) is 1. The Morgan fingerprint density at radius 3 is 2.50 bits per heavy atom. The Hall–Kier alpha value is -3.57. The number of ketones is 1. The normalized spacial score (nSPS) is 18.6. The van der Waals surface area contributed by atoms with Gasteiger partial charge in [-0.25, -0.2) is 0 Å². The predicted molar refractivity (Wildman–Crippen MR) is 143 cm³/mol. The summed E-state index contributed by atoms with van der Waals surface area (Å²) in [5, 5.41) is 3.94. The highest BCUT2D eigenvalue weighted by molar-refractivity contribution is 6.31. The van der Waals surface area contributed by atoms with Crippen molar-refractivity contribution in [2.75, 3.05) is 10.2 Å². The van der Waals surface area contributed by atoms with Crippen molar-refractivity contribution in [2.24, 2.45) is 5.41 Å². The summed E-state index contributed by atoms with van der Waals surface area (Å²) in [6.07, 6.45) is 1.10. The summed E-state index contributed by atoms with van der Waals surface area (Å²) in [6.45, 7) is 6.13. The SMILES string of the molecule is CC(=O)N1c2ccccc2NC2=C(C(=O)CC(C)(C)C2)[C@@H]1c1ccc(OCc2ccccc2)cc1Cl. The molecule has 1 aliphatic carbocycles. The summed E-state index contributed by atoms with van der Waals surface area (Å²) in [7, 11) is 0. The number of amides is 1. The van der Waals surface area contributed by atoms with Crippen LogP contribution in [0.2, 0.25) is 5.02 Å². The maximum absolute atomic E-state index is 13.6. The Morgan fingerprint density at radius 1 is 1.06 bits per heavy atom. The first-order valence-corrected chi connectivity index (χ1v) is 12.5. The quantitative estimate of drug-likeness (QED) is 0.415. The molecule has 1 heterocycles. The Balaban J connectivity index is 1.60. The highest BCUT2D eigenvalue weighted by Gasteiger charge is 2.43. The molecule has 1 atom stereocenters. The molecule has 0 aromatic heterocycles. The second-order valence-electron chi connectivity index (χ2n) is 10.2. The molecule has 0 saturated heterocycles. The summed E-state index contributed by atoms with van der Waals surface area (Å²) in [5.41, 5.74) is 4.52. The average Bonchev–Trinajstić information content (AvgIpc) is 2.97. The monoisotopic (exact) mass is 500 g/mol. The van der Waals surface area contributed by atoms with Crippen molar-refractivity contribution in [3.8, 4) is 5.75 Å². The summed E-state index contributed by atoms with van der Waals surface area (Å²) >= 11 is 6.86. The number of benzene rings is 3. The number of fused-ring (bicyclic) bond motifs is 1. The van der Waals surface area contributed by atoms with E-state index >= 15 is 0 Å². The summed E-state index contributed by atoms with van der Waals surface area (Å²) < 4.78 is 5.97. The number of carbonyl (C=O) groups is 2. The molecule has 184 valence electrons. The van der Waals surface area contributed by atoms with Gasteiger partial charge in [0.2, 0.25) is 5.91 Å². The van der Waals surface area contributed by atoms with Crippen LogP contribution < -0.4 is 15.0 Å². The molecule has 36 heavy (non-hydrogen) atoms. The number of carbonyl (C=O) groups excluding carboxylic acids is 2. The first kappa shape index (κ1) is 24.1. The van der Waals surface area contributed by atoms with Gasteiger partial charge in [-0.1, -0.05) is 74.0 Å². The van der Waals surface area contributed by atoms with E-state index in [0.717, 1.165) is 22.6 Å². The lowest BCUT2D eigenvalue weighted by molar-refractivity contribution is -0.118. The van der Waals surface area contributed by atoms with E-state index in [1.54, 1.807) is 11.0 Å². The topological polar surface area (TPSA) is 58.6 Å². The van der Waals surface area contributed by atoms with Gasteiger partial charge in [-0.3, -0.25) is 14.5 Å². The van der Waals surface area contributed by atoms with Gasteiger partial charge < -0.3 is 10.1 Å². The van der Waals surface area contributed by atoms with Gasteiger partial charge in [0.1, 0.15) is 12.4 Å². The van der Waals surface area contributed by atoms with Gasteiger partial charge >= 0.3 is 0 Å². The van der Waals surface area contributed by atoms with Crippen LogP contribution in [0.15, 0.2) is 84.1 Å². The third-order valence-electron chi connectivity index (χ3n) is 6.75. The van der Waals surface area contributed by atoms with E-state index in [2.05, 4.69) is 19.2 Å². The van der Waals surface area contributed by atoms with Gasteiger partial charge in [0, 0.05) is 29.6 Å². The van der Waals surface area contributed by atoms with E-state index in [4.69, 9.17) is 16.3 Å². The number of para-hydroxylation sites is 2.